The summed E-state index contributed by atoms with van der Waals surface area (Å²) in [5.41, 5.74) is -0.426. The van der Waals surface area contributed by atoms with Gasteiger partial charge in [0, 0.05) is 12.3 Å². The maximum absolute atomic E-state index is 13.7. The molecule has 10 heteroatoms. The molecule has 25 heavy (non-hydrogen) atoms. The Bertz CT molecular complexity index is 945. The number of benzene rings is 1. The fraction of sp³-hybridized carbons (Fsp3) is 0.0667. The van der Waals surface area contributed by atoms with Gasteiger partial charge in [-0.15, -0.1) is 0 Å². The van der Waals surface area contributed by atoms with Gasteiger partial charge in [0.25, 0.3) is 5.91 Å². The quantitative estimate of drug-likeness (QED) is 0.703. The molecule has 0 radical (unpaired) electrons. The molecular weight excluding hydrogens is 339 g/mol. The summed E-state index contributed by atoms with van der Waals surface area (Å²) in [5.74, 6) is -4.44. The zero-order valence-electron chi connectivity index (χ0n) is 12.7. The summed E-state index contributed by atoms with van der Waals surface area (Å²) in [6.45, 7) is 1.66. The van der Waals surface area contributed by atoms with E-state index in [-0.39, 0.29) is 23.1 Å². The van der Waals surface area contributed by atoms with Gasteiger partial charge in [0.05, 0.1) is 5.69 Å². The van der Waals surface area contributed by atoms with Crippen LogP contribution in [0.5, 0.6) is 0 Å². The van der Waals surface area contributed by atoms with Crippen LogP contribution in [0.25, 0.3) is 0 Å². The third-order valence-electron chi connectivity index (χ3n) is 3.04. The molecule has 0 fully saturated rings. The maximum atomic E-state index is 13.7. The van der Waals surface area contributed by atoms with E-state index in [4.69, 9.17) is 4.52 Å². The molecule has 0 aliphatic carbocycles. The van der Waals surface area contributed by atoms with Crippen LogP contribution < -0.4 is 10.6 Å². The van der Waals surface area contributed by atoms with Gasteiger partial charge in [0.15, 0.2) is 23.3 Å². The summed E-state index contributed by atoms with van der Waals surface area (Å²) >= 11 is 0. The van der Waals surface area contributed by atoms with E-state index in [1.54, 1.807) is 6.92 Å². The topological polar surface area (TPSA) is 92.9 Å². The van der Waals surface area contributed by atoms with Crippen molar-refractivity contribution in [1.29, 1.82) is 0 Å². The lowest BCUT2D eigenvalue weighted by molar-refractivity contribution is 0.102. The number of carbonyl (C=O) groups is 1. The van der Waals surface area contributed by atoms with E-state index in [0.29, 0.717) is 5.76 Å². The lowest BCUT2D eigenvalue weighted by Gasteiger charge is -2.08. The van der Waals surface area contributed by atoms with Crippen LogP contribution in [0.15, 0.2) is 35.0 Å². The normalized spacial score (nSPS) is 10.6. The number of hydrogen-bond donors (Lipinski definition) is 2. The zero-order chi connectivity index (χ0) is 18.0. The Morgan fingerprint density at radius 1 is 1.16 bits per heavy atom. The standard InChI is InChI=1S/C15H10F3N5O2/c1-7-6-11(23-25-7)22-14(24)10-4-5-19-15(21-10)20-9-3-2-8(16)12(17)13(9)18/h2-6H,1H3,(H,19,20,21)(H,22,23,24). The van der Waals surface area contributed by atoms with Crippen LogP contribution in [0.3, 0.4) is 0 Å². The smallest absolute Gasteiger partial charge is 0.275 e. The van der Waals surface area contributed by atoms with Gasteiger partial charge in [-0.3, -0.25) is 4.79 Å². The molecule has 0 bridgehead atoms. The number of nitrogens with one attached hydrogen (secondary N) is 2. The Morgan fingerprint density at radius 3 is 2.68 bits per heavy atom. The largest absolute Gasteiger partial charge is 0.360 e. The van der Waals surface area contributed by atoms with Gasteiger partial charge < -0.3 is 15.2 Å². The number of halogens is 3. The van der Waals surface area contributed by atoms with Crippen LogP contribution >= 0.6 is 0 Å². The highest BCUT2D eigenvalue weighted by atomic mass is 19.2. The molecule has 1 amide bonds. The second-order valence-electron chi connectivity index (χ2n) is 4.89. The van der Waals surface area contributed by atoms with Crippen LogP contribution in [0.2, 0.25) is 0 Å². The highest BCUT2D eigenvalue weighted by molar-refractivity contribution is 6.02. The fourth-order valence-electron chi connectivity index (χ4n) is 1.89. The Balaban J connectivity index is 1.79. The molecule has 0 saturated carbocycles. The summed E-state index contributed by atoms with van der Waals surface area (Å²) in [7, 11) is 0. The monoisotopic (exact) mass is 349 g/mol. The van der Waals surface area contributed by atoms with Crippen molar-refractivity contribution in [2.75, 3.05) is 10.6 Å². The van der Waals surface area contributed by atoms with Crippen molar-refractivity contribution < 1.29 is 22.5 Å². The zero-order valence-corrected chi connectivity index (χ0v) is 12.7. The first-order valence-corrected chi connectivity index (χ1v) is 6.92. The first-order valence-electron chi connectivity index (χ1n) is 6.92. The second kappa shape index (κ2) is 6.59. The molecule has 2 heterocycles. The van der Waals surface area contributed by atoms with Crippen molar-refractivity contribution in [3.8, 4) is 0 Å². The van der Waals surface area contributed by atoms with E-state index in [0.717, 1.165) is 12.1 Å². The number of rotatable bonds is 4. The predicted molar refractivity (Wildman–Crippen MR) is 80.8 cm³/mol. The van der Waals surface area contributed by atoms with Crippen molar-refractivity contribution in [2.24, 2.45) is 0 Å². The number of aromatic nitrogens is 3. The average molecular weight is 349 g/mol. The first kappa shape index (κ1) is 16.4. The van der Waals surface area contributed by atoms with Crippen LogP contribution in [-0.4, -0.2) is 21.0 Å². The lowest BCUT2D eigenvalue weighted by atomic mass is 10.3. The number of hydrogen-bond acceptors (Lipinski definition) is 6. The highest BCUT2D eigenvalue weighted by Gasteiger charge is 2.15. The third-order valence-corrected chi connectivity index (χ3v) is 3.04. The van der Waals surface area contributed by atoms with Crippen molar-refractivity contribution >= 4 is 23.4 Å². The molecule has 0 unspecified atom stereocenters. The molecule has 7 nitrogen and oxygen atoms in total. The third kappa shape index (κ3) is 3.57. The van der Waals surface area contributed by atoms with Crippen LogP contribution in [0.1, 0.15) is 16.2 Å². The van der Waals surface area contributed by atoms with Gasteiger partial charge in [-0.1, -0.05) is 5.16 Å². The molecule has 3 aromatic rings. The molecule has 0 atom stereocenters. The first-order chi connectivity index (χ1) is 11.9. The minimum absolute atomic E-state index is 0.0545. The molecule has 1 aromatic carbocycles. The maximum Gasteiger partial charge on any atom is 0.275 e. The van der Waals surface area contributed by atoms with Gasteiger partial charge >= 0.3 is 0 Å². The van der Waals surface area contributed by atoms with E-state index in [1.807, 2.05) is 0 Å². The molecule has 0 aliphatic heterocycles. The Labute approximate surface area is 138 Å². The summed E-state index contributed by atoms with van der Waals surface area (Å²) in [4.78, 5) is 19.8. The minimum atomic E-state index is -1.62. The van der Waals surface area contributed by atoms with E-state index in [2.05, 4.69) is 25.8 Å². The number of carbonyl (C=O) groups excluding carboxylic acids is 1. The summed E-state index contributed by atoms with van der Waals surface area (Å²) in [6.07, 6.45) is 1.25. The molecule has 2 aromatic heterocycles. The Hall–Kier alpha value is -3.43. The van der Waals surface area contributed by atoms with Gasteiger partial charge in [-0.2, -0.15) is 0 Å². The summed E-state index contributed by atoms with van der Waals surface area (Å²) in [6, 6.07) is 4.57. The van der Waals surface area contributed by atoms with E-state index >= 15 is 0 Å². The number of amides is 1. The van der Waals surface area contributed by atoms with Crippen molar-refractivity contribution in [2.45, 2.75) is 6.92 Å². The molecular formula is C15H10F3N5O2. The number of aryl methyl sites for hydroxylation is 1. The summed E-state index contributed by atoms with van der Waals surface area (Å²) < 4.78 is 44.7. The van der Waals surface area contributed by atoms with E-state index < -0.39 is 23.4 Å². The molecule has 3 rings (SSSR count). The van der Waals surface area contributed by atoms with E-state index in [9.17, 15) is 18.0 Å². The number of anilines is 3. The Morgan fingerprint density at radius 2 is 1.96 bits per heavy atom. The second-order valence-corrected chi connectivity index (χ2v) is 4.89. The molecule has 128 valence electrons. The van der Waals surface area contributed by atoms with Gasteiger partial charge in [0.1, 0.15) is 11.5 Å². The highest BCUT2D eigenvalue weighted by Crippen LogP contribution is 2.22. The molecule has 0 saturated heterocycles. The fourth-order valence-corrected chi connectivity index (χ4v) is 1.89. The van der Waals surface area contributed by atoms with E-state index in [1.165, 1.54) is 18.3 Å². The van der Waals surface area contributed by atoms with Gasteiger partial charge in [0.2, 0.25) is 5.95 Å². The van der Waals surface area contributed by atoms with Gasteiger partial charge in [-0.25, -0.2) is 23.1 Å². The molecule has 0 aliphatic rings. The van der Waals surface area contributed by atoms with Crippen LogP contribution in [-0.2, 0) is 0 Å². The minimum Gasteiger partial charge on any atom is -0.360 e. The summed E-state index contributed by atoms with van der Waals surface area (Å²) in [5, 5.41) is 8.45. The predicted octanol–water partition coefficient (Wildman–Crippen LogP) is 3.19. The molecule has 0 spiro atoms. The van der Waals surface area contributed by atoms with Crippen LogP contribution in [0.4, 0.5) is 30.6 Å². The van der Waals surface area contributed by atoms with Gasteiger partial charge in [-0.05, 0) is 25.1 Å². The van der Waals surface area contributed by atoms with Crippen molar-refractivity contribution in [3.05, 3.63) is 59.4 Å². The number of nitrogens with zero attached hydrogens (tertiary/aromatic N) is 3. The SMILES string of the molecule is Cc1cc(NC(=O)c2ccnc(Nc3ccc(F)c(F)c3F)n2)no1. The Kier molecular flexibility index (Phi) is 4.33. The molecule has 2 N–H and O–H groups in total. The van der Waals surface area contributed by atoms with Crippen molar-refractivity contribution in [1.82, 2.24) is 15.1 Å². The lowest BCUT2D eigenvalue weighted by Crippen LogP contribution is -2.15. The average Bonchev–Trinajstić information content (AvgIpc) is 3.00. The van der Waals surface area contributed by atoms with Crippen molar-refractivity contribution in [3.63, 3.8) is 0 Å². The van der Waals surface area contributed by atoms with Crippen LogP contribution in [0, 0.1) is 24.4 Å².